The molecule has 2 aromatic carbocycles. The fourth-order valence-corrected chi connectivity index (χ4v) is 2.79. The molecule has 3 rings (SSSR count). The van der Waals surface area contributed by atoms with Crippen LogP contribution in [-0.2, 0) is 9.53 Å². The largest absolute Gasteiger partial charge is 0.449 e. The van der Waals surface area contributed by atoms with Crippen molar-refractivity contribution >= 4 is 35.0 Å². The van der Waals surface area contributed by atoms with Crippen molar-refractivity contribution < 1.29 is 14.3 Å². The molecule has 5 nitrogen and oxygen atoms in total. The number of fused-ring (bicyclic) bond motifs is 1. The van der Waals surface area contributed by atoms with Gasteiger partial charge in [-0.15, -0.1) is 0 Å². The van der Waals surface area contributed by atoms with Crippen molar-refractivity contribution in [3.63, 3.8) is 0 Å². The lowest BCUT2D eigenvalue weighted by atomic mass is 10.0. The van der Waals surface area contributed by atoms with E-state index in [4.69, 9.17) is 4.74 Å². The maximum absolute atomic E-state index is 12.8. The average molecular weight is 336 g/mol. The minimum absolute atomic E-state index is 0.218. The first-order valence-corrected chi connectivity index (χ1v) is 8.12. The van der Waals surface area contributed by atoms with Gasteiger partial charge in [-0.1, -0.05) is 30.3 Å². The number of rotatable bonds is 3. The van der Waals surface area contributed by atoms with Gasteiger partial charge < -0.3 is 9.64 Å². The fourth-order valence-electron chi connectivity index (χ4n) is 2.79. The van der Waals surface area contributed by atoms with E-state index in [1.54, 1.807) is 25.1 Å². The van der Waals surface area contributed by atoms with Gasteiger partial charge in [0, 0.05) is 25.3 Å². The van der Waals surface area contributed by atoms with Crippen molar-refractivity contribution in [2.24, 2.45) is 0 Å². The number of anilines is 2. The molecule has 25 heavy (non-hydrogen) atoms. The quantitative estimate of drug-likeness (QED) is 0.800. The smallest absolute Gasteiger partial charge is 0.421 e. The molecule has 2 aromatic rings. The molecule has 0 atom stereocenters. The van der Waals surface area contributed by atoms with E-state index in [2.05, 4.69) is 0 Å². The standard InChI is InChI=1S/C20H20N2O3/c1-4-25-20(24)22-18-8-6-5-7-16(18)17(19(22)23)13-14-9-11-15(12-10-14)21(2)3/h5-13H,4H2,1-3H3/b17-13-. The Bertz CT molecular complexity index is 838. The lowest BCUT2D eigenvalue weighted by molar-refractivity contribution is -0.112. The molecule has 5 heteroatoms. The van der Waals surface area contributed by atoms with E-state index in [1.165, 1.54) is 0 Å². The Morgan fingerprint density at radius 2 is 1.80 bits per heavy atom. The highest BCUT2D eigenvalue weighted by Gasteiger charge is 2.37. The summed E-state index contributed by atoms with van der Waals surface area (Å²) in [6.45, 7) is 1.93. The molecule has 0 bridgehead atoms. The van der Waals surface area contributed by atoms with Crippen LogP contribution in [0.25, 0.3) is 11.6 Å². The highest BCUT2D eigenvalue weighted by Crippen LogP contribution is 2.38. The van der Waals surface area contributed by atoms with Gasteiger partial charge in [0.25, 0.3) is 5.91 Å². The van der Waals surface area contributed by atoms with E-state index in [-0.39, 0.29) is 12.5 Å². The monoisotopic (exact) mass is 336 g/mol. The molecule has 0 radical (unpaired) electrons. The van der Waals surface area contributed by atoms with E-state index >= 15 is 0 Å². The van der Waals surface area contributed by atoms with Crippen molar-refractivity contribution in [1.82, 2.24) is 0 Å². The molecule has 128 valence electrons. The molecule has 0 saturated carbocycles. The Labute approximate surface area is 147 Å². The first-order valence-electron chi connectivity index (χ1n) is 8.12. The van der Waals surface area contributed by atoms with Gasteiger partial charge in [-0.2, -0.15) is 0 Å². The number of nitrogens with zero attached hydrogens (tertiary/aromatic N) is 2. The van der Waals surface area contributed by atoms with Crippen LogP contribution in [0.3, 0.4) is 0 Å². The van der Waals surface area contributed by atoms with Crippen LogP contribution in [0.5, 0.6) is 0 Å². The summed E-state index contributed by atoms with van der Waals surface area (Å²) in [7, 11) is 3.95. The molecule has 0 unspecified atom stereocenters. The lowest BCUT2D eigenvalue weighted by Crippen LogP contribution is -2.33. The maximum Gasteiger partial charge on any atom is 0.421 e. The topological polar surface area (TPSA) is 49.9 Å². The molecule has 1 aliphatic rings. The van der Waals surface area contributed by atoms with Crippen LogP contribution in [-0.4, -0.2) is 32.7 Å². The molecule has 0 aliphatic carbocycles. The summed E-state index contributed by atoms with van der Waals surface area (Å²) in [6, 6.07) is 15.1. The third kappa shape index (κ3) is 3.13. The zero-order valence-electron chi connectivity index (χ0n) is 14.5. The lowest BCUT2D eigenvalue weighted by Gasteiger charge is -2.14. The predicted molar refractivity (Wildman–Crippen MR) is 99.6 cm³/mol. The number of hydrogen-bond acceptors (Lipinski definition) is 4. The number of ether oxygens (including phenoxy) is 1. The molecule has 0 spiro atoms. The summed E-state index contributed by atoms with van der Waals surface area (Å²) in [5.74, 6) is -0.365. The zero-order chi connectivity index (χ0) is 18.0. The van der Waals surface area contributed by atoms with Crippen LogP contribution < -0.4 is 9.80 Å². The molecule has 0 N–H and O–H groups in total. The van der Waals surface area contributed by atoms with Crippen molar-refractivity contribution in [3.05, 3.63) is 59.7 Å². The van der Waals surface area contributed by atoms with Crippen LogP contribution >= 0.6 is 0 Å². The highest BCUT2D eigenvalue weighted by molar-refractivity contribution is 6.41. The number of carbonyl (C=O) groups excluding carboxylic acids is 2. The van der Waals surface area contributed by atoms with Crippen molar-refractivity contribution in [2.75, 3.05) is 30.5 Å². The summed E-state index contributed by atoms with van der Waals surface area (Å²) in [6.07, 6.45) is 1.16. The number of imide groups is 1. The summed E-state index contributed by atoms with van der Waals surface area (Å²) in [5, 5.41) is 0. The van der Waals surface area contributed by atoms with Crippen LogP contribution in [0.2, 0.25) is 0 Å². The average Bonchev–Trinajstić information content (AvgIpc) is 2.88. The highest BCUT2D eigenvalue weighted by atomic mass is 16.6. The Morgan fingerprint density at radius 1 is 1.12 bits per heavy atom. The summed E-state index contributed by atoms with van der Waals surface area (Å²) in [5.41, 5.74) is 3.75. The number of carbonyl (C=O) groups is 2. The van der Waals surface area contributed by atoms with Gasteiger partial charge in [0.2, 0.25) is 0 Å². The maximum atomic E-state index is 12.8. The predicted octanol–water partition coefficient (Wildman–Crippen LogP) is 3.80. The number of amides is 2. The Kier molecular flexibility index (Phi) is 4.57. The van der Waals surface area contributed by atoms with Crippen LogP contribution in [0.4, 0.5) is 16.2 Å². The van der Waals surface area contributed by atoms with Crippen molar-refractivity contribution in [2.45, 2.75) is 6.92 Å². The summed E-state index contributed by atoms with van der Waals surface area (Å²) in [4.78, 5) is 28.1. The van der Waals surface area contributed by atoms with Crippen LogP contribution in [0, 0.1) is 0 Å². The molecule has 2 amide bonds. The van der Waals surface area contributed by atoms with Gasteiger partial charge in [-0.05, 0) is 36.8 Å². The van der Waals surface area contributed by atoms with Crippen LogP contribution in [0.15, 0.2) is 48.5 Å². The number of para-hydroxylation sites is 1. The van der Waals surface area contributed by atoms with Gasteiger partial charge in [0.05, 0.1) is 17.9 Å². The van der Waals surface area contributed by atoms with E-state index in [9.17, 15) is 9.59 Å². The molecule has 0 aromatic heterocycles. The Morgan fingerprint density at radius 3 is 2.44 bits per heavy atom. The summed E-state index contributed by atoms with van der Waals surface area (Å²) >= 11 is 0. The van der Waals surface area contributed by atoms with Crippen molar-refractivity contribution in [3.8, 4) is 0 Å². The van der Waals surface area contributed by atoms with Crippen LogP contribution in [0.1, 0.15) is 18.1 Å². The first kappa shape index (κ1) is 16.8. The van der Waals surface area contributed by atoms with E-state index < -0.39 is 6.09 Å². The Hall–Kier alpha value is -3.08. The molecule has 1 aliphatic heterocycles. The second kappa shape index (κ2) is 6.81. The van der Waals surface area contributed by atoms with Gasteiger partial charge in [-0.25, -0.2) is 9.69 Å². The molecular formula is C20H20N2O3. The van der Waals surface area contributed by atoms with Gasteiger partial charge in [-0.3, -0.25) is 4.79 Å². The third-order valence-electron chi connectivity index (χ3n) is 4.04. The fraction of sp³-hybridized carbons (Fsp3) is 0.200. The number of hydrogen-bond donors (Lipinski definition) is 0. The van der Waals surface area contributed by atoms with Gasteiger partial charge in [0.1, 0.15) is 0 Å². The first-order chi connectivity index (χ1) is 12.0. The minimum Gasteiger partial charge on any atom is -0.449 e. The van der Waals surface area contributed by atoms with E-state index in [0.29, 0.717) is 11.3 Å². The van der Waals surface area contributed by atoms with Crippen molar-refractivity contribution in [1.29, 1.82) is 0 Å². The zero-order valence-corrected chi connectivity index (χ0v) is 14.5. The third-order valence-corrected chi connectivity index (χ3v) is 4.04. The summed E-state index contributed by atoms with van der Waals surface area (Å²) < 4.78 is 5.03. The number of benzene rings is 2. The minimum atomic E-state index is -0.647. The van der Waals surface area contributed by atoms with E-state index in [1.807, 2.05) is 55.4 Å². The second-order valence-corrected chi connectivity index (χ2v) is 5.90. The normalized spacial score (nSPS) is 14.6. The molecule has 0 saturated heterocycles. The Balaban J connectivity index is 2.01. The molecular weight excluding hydrogens is 316 g/mol. The molecule has 0 fully saturated rings. The molecule has 1 heterocycles. The van der Waals surface area contributed by atoms with E-state index in [0.717, 1.165) is 21.7 Å². The SMILES string of the molecule is CCOC(=O)N1C(=O)/C(=C\c2ccc(N(C)C)cc2)c2ccccc21. The second-order valence-electron chi connectivity index (χ2n) is 5.90. The van der Waals surface area contributed by atoms with Gasteiger partial charge in [0.15, 0.2) is 0 Å². The van der Waals surface area contributed by atoms with Gasteiger partial charge >= 0.3 is 6.09 Å².